The number of hydrogen-bond acceptors (Lipinski definition) is 6. The molecule has 1 fully saturated rings. The number of carbonyl (C=O) groups is 1. The maximum absolute atomic E-state index is 12.7. The normalized spacial score (nSPS) is 15.3. The number of aryl methyl sites for hydroxylation is 1. The van der Waals surface area contributed by atoms with E-state index in [1.807, 2.05) is 35.6 Å². The zero-order valence-electron chi connectivity index (χ0n) is 15.5. The first-order valence-corrected chi connectivity index (χ1v) is 9.05. The van der Waals surface area contributed by atoms with Gasteiger partial charge in [0.1, 0.15) is 30.7 Å². The van der Waals surface area contributed by atoms with E-state index in [1.54, 1.807) is 17.1 Å². The molecule has 0 unspecified atom stereocenters. The van der Waals surface area contributed by atoms with E-state index >= 15 is 0 Å². The van der Waals surface area contributed by atoms with Gasteiger partial charge in [-0.05, 0) is 31.9 Å². The molecule has 0 aliphatic carbocycles. The molecule has 9 heteroatoms. The van der Waals surface area contributed by atoms with Gasteiger partial charge in [0.25, 0.3) is 5.91 Å². The smallest absolute Gasteiger partial charge is 0.272 e. The molecule has 0 bridgehead atoms. The number of aromatic nitrogens is 7. The van der Waals surface area contributed by atoms with Crippen molar-refractivity contribution >= 4 is 5.91 Å². The highest BCUT2D eigenvalue weighted by Crippen LogP contribution is 2.27. The first kappa shape index (κ1) is 17.3. The molecule has 9 nitrogen and oxygen atoms in total. The third kappa shape index (κ3) is 3.57. The second-order valence-corrected chi connectivity index (χ2v) is 6.86. The van der Waals surface area contributed by atoms with Crippen LogP contribution in [0.1, 0.15) is 46.6 Å². The van der Waals surface area contributed by atoms with E-state index in [0.717, 1.165) is 30.2 Å². The Morgan fingerprint density at radius 3 is 2.74 bits per heavy atom. The van der Waals surface area contributed by atoms with Gasteiger partial charge in [0.05, 0.1) is 0 Å². The van der Waals surface area contributed by atoms with Gasteiger partial charge in [-0.2, -0.15) is 5.10 Å². The van der Waals surface area contributed by atoms with Gasteiger partial charge in [0, 0.05) is 31.7 Å². The van der Waals surface area contributed by atoms with Crippen LogP contribution < -0.4 is 0 Å². The van der Waals surface area contributed by atoms with Crippen molar-refractivity contribution in [1.29, 1.82) is 0 Å². The lowest BCUT2D eigenvalue weighted by atomic mass is 9.95. The molecule has 0 saturated carbocycles. The summed E-state index contributed by atoms with van der Waals surface area (Å²) >= 11 is 0. The van der Waals surface area contributed by atoms with E-state index in [1.165, 1.54) is 6.33 Å². The van der Waals surface area contributed by atoms with Gasteiger partial charge < -0.3 is 9.47 Å². The van der Waals surface area contributed by atoms with Crippen LogP contribution in [0.25, 0.3) is 0 Å². The number of rotatable bonds is 4. The molecule has 140 valence electrons. The molecule has 1 aliphatic heterocycles. The summed E-state index contributed by atoms with van der Waals surface area (Å²) in [5.41, 5.74) is 1.37. The summed E-state index contributed by atoms with van der Waals surface area (Å²) in [6, 6.07) is 5.55. The van der Waals surface area contributed by atoms with Crippen LogP contribution in [0.15, 0.2) is 30.9 Å². The van der Waals surface area contributed by atoms with Gasteiger partial charge in [0.2, 0.25) is 0 Å². The molecule has 1 amide bonds. The van der Waals surface area contributed by atoms with Crippen molar-refractivity contribution in [1.82, 2.24) is 39.4 Å². The molecule has 0 N–H and O–H groups in total. The summed E-state index contributed by atoms with van der Waals surface area (Å²) in [7, 11) is 1.98. The van der Waals surface area contributed by atoms with Crippen LogP contribution in [-0.4, -0.2) is 58.4 Å². The van der Waals surface area contributed by atoms with Crippen LogP contribution in [0.5, 0.6) is 0 Å². The highest BCUT2D eigenvalue weighted by molar-refractivity contribution is 5.92. The van der Waals surface area contributed by atoms with Crippen molar-refractivity contribution in [2.45, 2.75) is 32.2 Å². The van der Waals surface area contributed by atoms with Gasteiger partial charge in [-0.1, -0.05) is 6.07 Å². The Morgan fingerprint density at radius 1 is 1.22 bits per heavy atom. The van der Waals surface area contributed by atoms with Crippen LogP contribution in [0, 0.1) is 6.92 Å². The molecule has 0 aromatic carbocycles. The van der Waals surface area contributed by atoms with Gasteiger partial charge in [-0.3, -0.25) is 4.79 Å². The van der Waals surface area contributed by atoms with Crippen LogP contribution in [0.2, 0.25) is 0 Å². The van der Waals surface area contributed by atoms with E-state index in [9.17, 15) is 4.79 Å². The SMILES string of the molecule is Cc1cccc(C(=O)N2CCC(c3nnc(Cn4cncn4)n3C)CC2)n1. The minimum Gasteiger partial charge on any atom is -0.337 e. The van der Waals surface area contributed by atoms with Crippen LogP contribution >= 0.6 is 0 Å². The molecule has 4 rings (SSSR count). The number of carbonyl (C=O) groups excluding carboxylic acids is 1. The lowest BCUT2D eigenvalue weighted by Gasteiger charge is -2.31. The van der Waals surface area contributed by atoms with Gasteiger partial charge in [-0.15, -0.1) is 10.2 Å². The number of nitrogens with zero attached hydrogens (tertiary/aromatic N) is 8. The second kappa shape index (κ2) is 7.26. The lowest BCUT2D eigenvalue weighted by molar-refractivity contribution is 0.0704. The summed E-state index contributed by atoms with van der Waals surface area (Å²) in [6.45, 7) is 3.84. The number of piperidine rings is 1. The average Bonchev–Trinajstić information content (AvgIpc) is 3.32. The largest absolute Gasteiger partial charge is 0.337 e. The Labute approximate surface area is 157 Å². The zero-order valence-corrected chi connectivity index (χ0v) is 15.5. The number of amides is 1. The van der Waals surface area contributed by atoms with Crippen LogP contribution in [-0.2, 0) is 13.6 Å². The van der Waals surface area contributed by atoms with E-state index < -0.39 is 0 Å². The summed E-state index contributed by atoms with van der Waals surface area (Å²) in [5.74, 6) is 2.10. The third-order valence-electron chi connectivity index (χ3n) is 5.02. The number of likely N-dealkylation sites (tertiary alicyclic amines) is 1. The Balaban J connectivity index is 1.41. The van der Waals surface area contributed by atoms with Gasteiger partial charge >= 0.3 is 0 Å². The molecule has 0 spiro atoms. The summed E-state index contributed by atoms with van der Waals surface area (Å²) in [6.07, 6.45) is 4.91. The Hall–Kier alpha value is -3.10. The summed E-state index contributed by atoms with van der Waals surface area (Å²) in [5, 5.41) is 12.8. The quantitative estimate of drug-likeness (QED) is 0.688. The first-order chi connectivity index (χ1) is 13.1. The highest BCUT2D eigenvalue weighted by atomic mass is 16.2. The van der Waals surface area contributed by atoms with E-state index in [4.69, 9.17) is 0 Å². The standard InChI is InChI=1S/C18H22N8O/c1-13-4-3-5-15(21-13)18(27)25-8-6-14(7-9-25)17-23-22-16(24(17)2)10-26-12-19-11-20-26/h3-5,11-12,14H,6-10H2,1-2H3. The first-order valence-electron chi connectivity index (χ1n) is 9.05. The molecule has 3 aromatic heterocycles. The number of hydrogen-bond donors (Lipinski definition) is 0. The molecule has 27 heavy (non-hydrogen) atoms. The van der Waals surface area contributed by atoms with Crippen molar-refractivity contribution in [3.63, 3.8) is 0 Å². The van der Waals surface area contributed by atoms with E-state index in [2.05, 4.69) is 25.3 Å². The van der Waals surface area contributed by atoms with Crippen molar-refractivity contribution in [2.24, 2.45) is 7.05 Å². The molecule has 0 radical (unpaired) electrons. The second-order valence-electron chi connectivity index (χ2n) is 6.86. The molecule has 3 aromatic rings. The fourth-order valence-electron chi connectivity index (χ4n) is 3.49. The highest BCUT2D eigenvalue weighted by Gasteiger charge is 2.28. The van der Waals surface area contributed by atoms with Crippen molar-refractivity contribution in [3.05, 3.63) is 53.9 Å². The number of pyridine rings is 1. The maximum Gasteiger partial charge on any atom is 0.272 e. The van der Waals surface area contributed by atoms with E-state index in [-0.39, 0.29) is 5.91 Å². The predicted octanol–water partition coefficient (Wildman–Crippen LogP) is 1.18. The van der Waals surface area contributed by atoms with Crippen molar-refractivity contribution < 1.29 is 4.79 Å². The minimum absolute atomic E-state index is 0.00184. The molecular weight excluding hydrogens is 344 g/mol. The monoisotopic (exact) mass is 366 g/mol. The van der Waals surface area contributed by atoms with Crippen molar-refractivity contribution in [2.75, 3.05) is 13.1 Å². The molecule has 1 saturated heterocycles. The minimum atomic E-state index is 0.00184. The fraction of sp³-hybridized carbons (Fsp3) is 0.444. The van der Waals surface area contributed by atoms with E-state index in [0.29, 0.717) is 31.2 Å². The van der Waals surface area contributed by atoms with Crippen LogP contribution in [0.3, 0.4) is 0 Å². The molecule has 0 atom stereocenters. The maximum atomic E-state index is 12.7. The summed E-state index contributed by atoms with van der Waals surface area (Å²) in [4.78, 5) is 22.8. The molecule has 4 heterocycles. The molecular formula is C18H22N8O. The fourth-order valence-corrected chi connectivity index (χ4v) is 3.49. The Bertz CT molecular complexity index is 925. The Kier molecular flexibility index (Phi) is 4.66. The zero-order chi connectivity index (χ0) is 18.8. The average molecular weight is 366 g/mol. The third-order valence-corrected chi connectivity index (χ3v) is 5.02. The Morgan fingerprint density at radius 2 is 2.04 bits per heavy atom. The van der Waals surface area contributed by atoms with Crippen molar-refractivity contribution in [3.8, 4) is 0 Å². The van der Waals surface area contributed by atoms with Gasteiger partial charge in [0.15, 0.2) is 5.82 Å². The van der Waals surface area contributed by atoms with Gasteiger partial charge in [-0.25, -0.2) is 14.6 Å². The summed E-state index contributed by atoms with van der Waals surface area (Å²) < 4.78 is 3.76. The molecule has 1 aliphatic rings. The predicted molar refractivity (Wildman–Crippen MR) is 97.0 cm³/mol. The lowest BCUT2D eigenvalue weighted by Crippen LogP contribution is -2.38. The van der Waals surface area contributed by atoms with Crippen LogP contribution in [0.4, 0.5) is 0 Å². The topological polar surface area (TPSA) is 94.6 Å².